The second-order valence-electron chi connectivity index (χ2n) is 8.10. The second kappa shape index (κ2) is 9.83. The lowest BCUT2D eigenvalue weighted by Gasteiger charge is -2.26. The maximum atomic E-state index is 13.1. The summed E-state index contributed by atoms with van der Waals surface area (Å²) in [5.74, 6) is 0.532. The van der Waals surface area contributed by atoms with E-state index >= 15 is 0 Å². The summed E-state index contributed by atoms with van der Waals surface area (Å²) in [6.45, 7) is 6.87. The van der Waals surface area contributed by atoms with Gasteiger partial charge >= 0.3 is 0 Å². The van der Waals surface area contributed by atoms with Crippen molar-refractivity contribution < 1.29 is 17.9 Å². The van der Waals surface area contributed by atoms with Gasteiger partial charge in [0.2, 0.25) is 10.0 Å². The number of aryl methyl sites for hydroxylation is 2. The SMILES string of the molecule is CCC(NC(=O)c1cc(S(=O)(=O)N2CCCCC2)ccc1C)c1ccc(OC)c(C)c1. The first kappa shape index (κ1) is 23.3. The van der Waals surface area contributed by atoms with Crippen LogP contribution in [0.1, 0.15) is 65.7 Å². The van der Waals surface area contributed by atoms with E-state index in [4.69, 9.17) is 4.74 Å². The Hall–Kier alpha value is -2.38. The van der Waals surface area contributed by atoms with Crippen LogP contribution in [0.3, 0.4) is 0 Å². The number of hydrogen-bond acceptors (Lipinski definition) is 4. The number of carbonyl (C=O) groups is 1. The van der Waals surface area contributed by atoms with Gasteiger partial charge in [-0.05, 0) is 68.0 Å². The van der Waals surface area contributed by atoms with Gasteiger partial charge in [-0.3, -0.25) is 4.79 Å². The monoisotopic (exact) mass is 444 g/mol. The molecule has 1 aliphatic rings. The van der Waals surface area contributed by atoms with Gasteiger partial charge in [0.05, 0.1) is 18.0 Å². The summed E-state index contributed by atoms with van der Waals surface area (Å²) in [4.78, 5) is 13.3. The highest BCUT2D eigenvalue weighted by atomic mass is 32.2. The average Bonchev–Trinajstić information content (AvgIpc) is 2.78. The van der Waals surface area contributed by atoms with Crippen molar-refractivity contribution in [3.8, 4) is 5.75 Å². The zero-order chi connectivity index (χ0) is 22.6. The molecule has 0 saturated carbocycles. The van der Waals surface area contributed by atoms with E-state index in [0.29, 0.717) is 25.1 Å². The summed E-state index contributed by atoms with van der Waals surface area (Å²) >= 11 is 0. The van der Waals surface area contributed by atoms with Crippen molar-refractivity contribution >= 4 is 15.9 Å². The third-order valence-corrected chi connectivity index (χ3v) is 7.84. The molecule has 168 valence electrons. The molecule has 31 heavy (non-hydrogen) atoms. The molecular formula is C24H32N2O4S. The number of nitrogens with one attached hydrogen (secondary N) is 1. The summed E-state index contributed by atoms with van der Waals surface area (Å²) in [6.07, 6.45) is 3.51. The molecule has 3 rings (SSSR count). The molecule has 7 heteroatoms. The third-order valence-electron chi connectivity index (χ3n) is 5.94. The number of hydrogen-bond donors (Lipinski definition) is 1. The van der Waals surface area contributed by atoms with E-state index in [9.17, 15) is 13.2 Å². The number of methoxy groups -OCH3 is 1. The molecule has 1 aliphatic heterocycles. The first-order chi connectivity index (χ1) is 14.8. The first-order valence-electron chi connectivity index (χ1n) is 10.8. The molecule has 1 unspecified atom stereocenters. The fraction of sp³-hybridized carbons (Fsp3) is 0.458. The van der Waals surface area contributed by atoms with Gasteiger partial charge in [-0.2, -0.15) is 4.31 Å². The van der Waals surface area contributed by atoms with Crippen LogP contribution < -0.4 is 10.1 Å². The summed E-state index contributed by atoms with van der Waals surface area (Å²) in [5, 5.41) is 3.07. The Bertz CT molecular complexity index is 1040. The molecule has 1 amide bonds. The van der Waals surface area contributed by atoms with Crippen LogP contribution >= 0.6 is 0 Å². The van der Waals surface area contributed by atoms with Gasteiger partial charge in [-0.1, -0.05) is 31.5 Å². The Kier molecular flexibility index (Phi) is 7.38. The van der Waals surface area contributed by atoms with Crippen LogP contribution in [0, 0.1) is 13.8 Å². The Labute approximate surface area is 185 Å². The fourth-order valence-corrected chi connectivity index (χ4v) is 5.58. The summed E-state index contributed by atoms with van der Waals surface area (Å²) in [7, 11) is -1.96. The number of carbonyl (C=O) groups excluding carboxylic acids is 1. The summed E-state index contributed by atoms with van der Waals surface area (Å²) < 4.78 is 33.0. The summed E-state index contributed by atoms with van der Waals surface area (Å²) in [6, 6.07) is 10.5. The number of rotatable bonds is 7. The van der Waals surface area contributed by atoms with Gasteiger partial charge < -0.3 is 10.1 Å². The molecule has 0 aromatic heterocycles. The molecule has 1 saturated heterocycles. The lowest BCUT2D eigenvalue weighted by Crippen LogP contribution is -2.36. The predicted molar refractivity (Wildman–Crippen MR) is 122 cm³/mol. The van der Waals surface area contributed by atoms with Crippen LogP contribution in [0.4, 0.5) is 0 Å². The number of amides is 1. The molecule has 1 N–H and O–H groups in total. The third kappa shape index (κ3) is 5.10. The zero-order valence-corrected chi connectivity index (χ0v) is 19.6. The molecule has 0 spiro atoms. The fourth-order valence-electron chi connectivity index (χ4n) is 4.04. The molecule has 1 heterocycles. The molecule has 6 nitrogen and oxygen atoms in total. The lowest BCUT2D eigenvalue weighted by atomic mass is 10.0. The van der Waals surface area contributed by atoms with Gasteiger partial charge in [0.1, 0.15) is 5.75 Å². The zero-order valence-electron chi connectivity index (χ0n) is 18.8. The molecule has 2 aromatic carbocycles. The van der Waals surface area contributed by atoms with E-state index in [0.717, 1.165) is 41.7 Å². The molecule has 0 bridgehead atoms. The van der Waals surface area contributed by atoms with Gasteiger partial charge in [-0.25, -0.2) is 8.42 Å². The van der Waals surface area contributed by atoms with E-state index in [2.05, 4.69) is 5.32 Å². The van der Waals surface area contributed by atoms with Crippen LogP contribution in [0.2, 0.25) is 0 Å². The van der Waals surface area contributed by atoms with E-state index in [1.165, 1.54) is 10.4 Å². The Morgan fingerprint density at radius 1 is 1.06 bits per heavy atom. The normalized spacial score (nSPS) is 16.0. The standard InChI is InChI=1S/C24H32N2O4S/c1-5-22(19-10-12-23(30-4)18(3)15-19)25-24(27)21-16-20(11-9-17(21)2)31(28,29)26-13-7-6-8-14-26/h9-12,15-16,22H,5-8,13-14H2,1-4H3,(H,25,27). The molecule has 0 radical (unpaired) electrons. The molecule has 1 atom stereocenters. The predicted octanol–water partition coefficient (Wildman–Crippen LogP) is 4.37. The van der Waals surface area contributed by atoms with Crippen molar-refractivity contribution in [1.82, 2.24) is 9.62 Å². The van der Waals surface area contributed by atoms with Gasteiger partial charge in [-0.15, -0.1) is 0 Å². The van der Waals surface area contributed by atoms with E-state index in [1.54, 1.807) is 19.2 Å². The minimum Gasteiger partial charge on any atom is -0.496 e. The Morgan fingerprint density at radius 2 is 1.77 bits per heavy atom. The highest BCUT2D eigenvalue weighted by molar-refractivity contribution is 7.89. The molecule has 1 fully saturated rings. The van der Waals surface area contributed by atoms with Gasteiger partial charge in [0.25, 0.3) is 5.91 Å². The molecule has 2 aromatic rings. The largest absolute Gasteiger partial charge is 0.496 e. The quantitative estimate of drug-likeness (QED) is 0.688. The van der Waals surface area contributed by atoms with Crippen LogP contribution in [0.5, 0.6) is 5.75 Å². The van der Waals surface area contributed by atoms with Crippen LogP contribution in [-0.4, -0.2) is 38.8 Å². The van der Waals surface area contributed by atoms with Crippen molar-refractivity contribution in [2.45, 2.75) is 57.4 Å². The van der Waals surface area contributed by atoms with Gasteiger partial charge in [0, 0.05) is 18.7 Å². The highest BCUT2D eigenvalue weighted by Crippen LogP contribution is 2.26. The van der Waals surface area contributed by atoms with E-state index < -0.39 is 10.0 Å². The number of ether oxygens (including phenoxy) is 1. The van der Waals surface area contributed by atoms with Gasteiger partial charge in [0.15, 0.2) is 0 Å². The van der Waals surface area contributed by atoms with Crippen LogP contribution in [0.25, 0.3) is 0 Å². The minimum absolute atomic E-state index is 0.179. The second-order valence-corrected chi connectivity index (χ2v) is 10.0. The molecular weight excluding hydrogens is 412 g/mol. The summed E-state index contributed by atoms with van der Waals surface area (Å²) in [5.41, 5.74) is 3.13. The highest BCUT2D eigenvalue weighted by Gasteiger charge is 2.27. The maximum absolute atomic E-state index is 13.1. The van der Waals surface area contributed by atoms with Crippen molar-refractivity contribution in [3.63, 3.8) is 0 Å². The number of piperidine rings is 1. The molecule has 0 aliphatic carbocycles. The topological polar surface area (TPSA) is 75.7 Å². The average molecular weight is 445 g/mol. The number of nitrogens with zero attached hydrogens (tertiary/aromatic N) is 1. The minimum atomic E-state index is -3.59. The Morgan fingerprint density at radius 3 is 2.39 bits per heavy atom. The van der Waals surface area contributed by atoms with Crippen LogP contribution in [0.15, 0.2) is 41.3 Å². The van der Waals surface area contributed by atoms with E-state index in [-0.39, 0.29) is 16.8 Å². The van der Waals surface area contributed by atoms with Crippen molar-refractivity contribution in [3.05, 3.63) is 58.7 Å². The van der Waals surface area contributed by atoms with Crippen molar-refractivity contribution in [2.24, 2.45) is 0 Å². The number of sulfonamides is 1. The lowest BCUT2D eigenvalue weighted by molar-refractivity contribution is 0.0934. The smallest absolute Gasteiger partial charge is 0.252 e. The van der Waals surface area contributed by atoms with Crippen molar-refractivity contribution in [1.29, 1.82) is 0 Å². The van der Waals surface area contributed by atoms with Crippen molar-refractivity contribution in [2.75, 3.05) is 20.2 Å². The van der Waals surface area contributed by atoms with Crippen LogP contribution in [-0.2, 0) is 10.0 Å². The maximum Gasteiger partial charge on any atom is 0.252 e. The van der Waals surface area contributed by atoms with E-state index in [1.807, 2.05) is 39.0 Å². The Balaban J connectivity index is 1.85. The first-order valence-corrected chi connectivity index (χ1v) is 12.3. The number of benzene rings is 2.